The zero-order valence-corrected chi connectivity index (χ0v) is 11.2. The van der Waals surface area contributed by atoms with Crippen LogP contribution in [0.4, 0.5) is 4.79 Å². The third-order valence-corrected chi connectivity index (χ3v) is 2.65. The molecule has 1 atom stereocenters. The molecule has 0 rings (SSSR count). The van der Waals surface area contributed by atoms with Crippen molar-refractivity contribution in [2.24, 2.45) is 0 Å². The van der Waals surface area contributed by atoms with E-state index in [0.717, 1.165) is 24.2 Å². The fourth-order valence-electron chi connectivity index (χ4n) is 1.50. The van der Waals surface area contributed by atoms with Gasteiger partial charge in [0.1, 0.15) is 6.04 Å². The van der Waals surface area contributed by atoms with Crippen LogP contribution in [0, 0.1) is 0 Å². The van der Waals surface area contributed by atoms with Crippen molar-refractivity contribution in [3.05, 3.63) is 12.7 Å². The molecule has 1 amide bonds. The number of carbonyl (C=O) groups excluding carboxylic acids is 1. The summed E-state index contributed by atoms with van der Waals surface area (Å²) in [6.07, 6.45) is 4.76. The first-order valence-corrected chi connectivity index (χ1v) is 6.27. The first kappa shape index (κ1) is 16.5. The Morgan fingerprint density at radius 3 is 2.61 bits per heavy atom. The average molecular weight is 257 g/mol. The molecule has 5 heteroatoms. The van der Waals surface area contributed by atoms with Crippen molar-refractivity contribution in [2.75, 3.05) is 13.7 Å². The normalized spacial score (nSPS) is 11.7. The van der Waals surface area contributed by atoms with Crippen LogP contribution in [0.5, 0.6) is 0 Å². The molecular weight excluding hydrogens is 234 g/mol. The molecule has 0 saturated heterocycles. The fraction of sp³-hybridized carbons (Fsp3) is 0.692. The van der Waals surface area contributed by atoms with Crippen molar-refractivity contribution in [2.45, 2.75) is 45.1 Å². The topological polar surface area (TPSA) is 66.8 Å². The SMILES string of the molecule is C=CCCCOC(=O)N(C)[C@@H](CCCC)C(=O)O. The first-order chi connectivity index (χ1) is 8.54. The van der Waals surface area contributed by atoms with Gasteiger partial charge in [0, 0.05) is 7.05 Å². The van der Waals surface area contributed by atoms with Crippen LogP contribution in [0.15, 0.2) is 12.7 Å². The van der Waals surface area contributed by atoms with Gasteiger partial charge in [-0.15, -0.1) is 6.58 Å². The van der Waals surface area contributed by atoms with E-state index in [9.17, 15) is 9.59 Å². The Hall–Kier alpha value is -1.52. The van der Waals surface area contributed by atoms with Gasteiger partial charge in [0.05, 0.1) is 6.61 Å². The summed E-state index contributed by atoms with van der Waals surface area (Å²) < 4.78 is 4.99. The second-order valence-corrected chi connectivity index (χ2v) is 4.15. The van der Waals surface area contributed by atoms with Gasteiger partial charge in [0.15, 0.2) is 0 Å². The van der Waals surface area contributed by atoms with Crippen LogP contribution in [0.25, 0.3) is 0 Å². The molecule has 0 radical (unpaired) electrons. The first-order valence-electron chi connectivity index (χ1n) is 6.27. The zero-order valence-electron chi connectivity index (χ0n) is 11.2. The molecule has 0 bridgehead atoms. The monoisotopic (exact) mass is 257 g/mol. The van der Waals surface area contributed by atoms with E-state index < -0.39 is 18.1 Å². The summed E-state index contributed by atoms with van der Waals surface area (Å²) >= 11 is 0. The number of carboxylic acid groups (broad SMARTS) is 1. The van der Waals surface area contributed by atoms with Crippen LogP contribution >= 0.6 is 0 Å². The number of unbranched alkanes of at least 4 members (excludes halogenated alkanes) is 2. The van der Waals surface area contributed by atoms with E-state index in [1.54, 1.807) is 6.08 Å². The Kier molecular flexibility index (Phi) is 8.70. The van der Waals surface area contributed by atoms with Gasteiger partial charge in [0.25, 0.3) is 0 Å². The lowest BCUT2D eigenvalue weighted by atomic mass is 10.1. The van der Waals surface area contributed by atoms with E-state index in [4.69, 9.17) is 9.84 Å². The summed E-state index contributed by atoms with van der Waals surface area (Å²) in [7, 11) is 1.46. The van der Waals surface area contributed by atoms with Crippen molar-refractivity contribution < 1.29 is 19.4 Å². The summed E-state index contributed by atoms with van der Waals surface area (Å²) in [5, 5.41) is 9.07. The van der Waals surface area contributed by atoms with Crippen molar-refractivity contribution in [3.63, 3.8) is 0 Å². The lowest BCUT2D eigenvalue weighted by Crippen LogP contribution is -2.42. The Labute approximate surface area is 108 Å². The Bertz CT molecular complexity index is 278. The number of hydrogen-bond donors (Lipinski definition) is 1. The molecule has 0 aliphatic heterocycles. The van der Waals surface area contributed by atoms with Crippen molar-refractivity contribution in [1.29, 1.82) is 0 Å². The number of nitrogens with zero attached hydrogens (tertiary/aromatic N) is 1. The number of likely N-dealkylation sites (N-methyl/N-ethyl adjacent to an activating group) is 1. The van der Waals surface area contributed by atoms with E-state index in [0.29, 0.717) is 12.8 Å². The molecule has 1 N–H and O–H groups in total. The molecule has 0 unspecified atom stereocenters. The minimum atomic E-state index is -0.992. The third-order valence-electron chi connectivity index (χ3n) is 2.65. The summed E-state index contributed by atoms with van der Waals surface area (Å²) in [5.74, 6) is -0.992. The van der Waals surface area contributed by atoms with Crippen LogP contribution in [-0.2, 0) is 9.53 Å². The maximum atomic E-state index is 11.6. The number of hydrogen-bond acceptors (Lipinski definition) is 3. The van der Waals surface area contributed by atoms with Gasteiger partial charge in [-0.3, -0.25) is 4.90 Å². The van der Waals surface area contributed by atoms with Crippen molar-refractivity contribution in [1.82, 2.24) is 4.90 Å². The fourth-order valence-corrected chi connectivity index (χ4v) is 1.50. The zero-order chi connectivity index (χ0) is 14.0. The van der Waals surface area contributed by atoms with Gasteiger partial charge in [-0.25, -0.2) is 9.59 Å². The Morgan fingerprint density at radius 1 is 1.44 bits per heavy atom. The average Bonchev–Trinajstić information content (AvgIpc) is 2.34. The van der Waals surface area contributed by atoms with Gasteiger partial charge in [0.2, 0.25) is 0 Å². The molecule has 0 aliphatic rings. The van der Waals surface area contributed by atoms with Gasteiger partial charge >= 0.3 is 12.1 Å². The summed E-state index contributed by atoms with van der Waals surface area (Å²) in [6.45, 7) is 5.83. The summed E-state index contributed by atoms with van der Waals surface area (Å²) in [6, 6.07) is -0.808. The van der Waals surface area contributed by atoms with E-state index in [1.807, 2.05) is 6.92 Å². The minimum absolute atomic E-state index is 0.287. The van der Waals surface area contributed by atoms with Crippen molar-refractivity contribution in [3.8, 4) is 0 Å². The molecule has 0 aromatic carbocycles. The van der Waals surface area contributed by atoms with E-state index in [1.165, 1.54) is 7.05 Å². The number of amides is 1. The van der Waals surface area contributed by atoms with Crippen LogP contribution < -0.4 is 0 Å². The lowest BCUT2D eigenvalue weighted by Gasteiger charge is -2.24. The highest BCUT2D eigenvalue weighted by atomic mass is 16.6. The van der Waals surface area contributed by atoms with Gasteiger partial charge in [-0.2, -0.15) is 0 Å². The number of allylic oxidation sites excluding steroid dienone is 1. The molecular formula is C13H23NO4. The smallest absolute Gasteiger partial charge is 0.410 e. The highest BCUT2D eigenvalue weighted by molar-refractivity contribution is 5.79. The van der Waals surface area contributed by atoms with Crippen LogP contribution in [0.3, 0.4) is 0 Å². The predicted molar refractivity (Wildman–Crippen MR) is 69.5 cm³/mol. The summed E-state index contributed by atoms with van der Waals surface area (Å²) in [5.41, 5.74) is 0. The van der Waals surface area contributed by atoms with E-state index in [2.05, 4.69) is 6.58 Å². The van der Waals surface area contributed by atoms with Crippen LogP contribution in [0.1, 0.15) is 39.0 Å². The van der Waals surface area contributed by atoms with Crippen LogP contribution in [-0.4, -0.2) is 41.8 Å². The number of carboxylic acids is 1. The predicted octanol–water partition coefficient (Wildman–Crippen LogP) is 2.66. The number of rotatable bonds is 9. The van der Waals surface area contributed by atoms with Gasteiger partial charge in [-0.05, 0) is 19.3 Å². The largest absolute Gasteiger partial charge is 0.480 e. The lowest BCUT2D eigenvalue weighted by molar-refractivity contribution is -0.142. The molecule has 0 heterocycles. The maximum Gasteiger partial charge on any atom is 0.410 e. The maximum absolute atomic E-state index is 11.6. The molecule has 0 fully saturated rings. The Balaban J connectivity index is 4.20. The molecule has 0 aromatic rings. The second-order valence-electron chi connectivity index (χ2n) is 4.15. The van der Waals surface area contributed by atoms with Gasteiger partial charge < -0.3 is 9.84 Å². The quantitative estimate of drug-likeness (QED) is 0.509. The highest BCUT2D eigenvalue weighted by Crippen LogP contribution is 2.09. The molecule has 0 spiro atoms. The molecule has 0 aromatic heterocycles. The van der Waals surface area contributed by atoms with Crippen molar-refractivity contribution >= 4 is 12.1 Å². The summed E-state index contributed by atoms with van der Waals surface area (Å²) in [4.78, 5) is 23.9. The van der Waals surface area contributed by atoms with Gasteiger partial charge in [-0.1, -0.05) is 25.8 Å². The highest BCUT2D eigenvalue weighted by Gasteiger charge is 2.26. The molecule has 0 saturated carbocycles. The van der Waals surface area contributed by atoms with Crippen LogP contribution in [0.2, 0.25) is 0 Å². The van der Waals surface area contributed by atoms with E-state index >= 15 is 0 Å². The van der Waals surface area contributed by atoms with E-state index in [-0.39, 0.29) is 6.61 Å². The number of carbonyl (C=O) groups is 2. The molecule has 5 nitrogen and oxygen atoms in total. The number of aliphatic carboxylic acids is 1. The second kappa shape index (κ2) is 9.50. The molecule has 0 aliphatic carbocycles. The molecule has 18 heavy (non-hydrogen) atoms. The number of ether oxygens (including phenoxy) is 1. The minimum Gasteiger partial charge on any atom is -0.480 e. The standard InChI is InChI=1S/C13H23NO4/c1-4-6-8-10-18-13(17)14(3)11(12(15)16)9-7-5-2/h4,11H,1,5-10H2,2-3H3,(H,15,16)/t11-/m0/s1. The third kappa shape index (κ3) is 6.27. The molecule has 104 valence electrons. The Morgan fingerprint density at radius 2 is 2.11 bits per heavy atom.